The average Bonchev–Trinajstić information content (AvgIpc) is 2.51. The van der Waals surface area contributed by atoms with Crippen LogP contribution in [0, 0.1) is 16.7 Å². The van der Waals surface area contributed by atoms with Gasteiger partial charge in [0.1, 0.15) is 17.4 Å². The largest absolute Gasteiger partial charge is 0.444 e. The number of Topliss-reactive ketones (excluding diaryl/α,β-unsaturated/α-hetero) is 1. The molecule has 4 nitrogen and oxygen atoms in total. The van der Waals surface area contributed by atoms with Crippen LogP contribution in [0.2, 0.25) is 0 Å². The first-order valence-electron chi connectivity index (χ1n) is 8.04. The Kier molecular flexibility index (Phi) is 4.10. The molecule has 1 aliphatic heterocycles. The number of carbonyl (C=O) groups is 1. The molecule has 7 heteroatoms. The van der Waals surface area contributed by atoms with E-state index in [1.807, 2.05) is 19.9 Å². The highest BCUT2D eigenvalue weighted by Crippen LogP contribution is 2.48. The lowest BCUT2D eigenvalue weighted by Gasteiger charge is -2.37. The van der Waals surface area contributed by atoms with Crippen molar-refractivity contribution in [2.45, 2.75) is 38.8 Å². The van der Waals surface area contributed by atoms with Crippen molar-refractivity contribution in [1.29, 1.82) is 5.26 Å². The van der Waals surface area contributed by atoms with E-state index in [-0.39, 0.29) is 40.2 Å². The van der Waals surface area contributed by atoms with Crippen molar-refractivity contribution in [1.82, 2.24) is 0 Å². The van der Waals surface area contributed by atoms with Gasteiger partial charge in [0.25, 0.3) is 0 Å². The van der Waals surface area contributed by atoms with Crippen LogP contribution in [0.25, 0.3) is 0 Å². The first-order valence-corrected chi connectivity index (χ1v) is 8.04. The molecule has 0 radical (unpaired) electrons. The molecule has 2 aliphatic rings. The van der Waals surface area contributed by atoms with Crippen LogP contribution in [-0.4, -0.2) is 5.78 Å². The Labute approximate surface area is 148 Å². The number of nitriles is 1. The van der Waals surface area contributed by atoms with Crippen LogP contribution in [0.4, 0.5) is 13.2 Å². The lowest BCUT2D eigenvalue weighted by atomic mass is 9.70. The molecule has 136 valence electrons. The first-order chi connectivity index (χ1) is 12.0. The van der Waals surface area contributed by atoms with Gasteiger partial charge in [-0.05, 0) is 17.0 Å². The van der Waals surface area contributed by atoms with E-state index in [2.05, 4.69) is 0 Å². The standard InChI is InChI=1S/C19H17F3N2O2/c1-18(2)7-13(25)16-14(8-18)26-17(24)12(9-23)15(16)10-4-3-5-11(6-10)19(20,21)22/h3-6,15H,7-8,24H2,1-2H3/t15-/m0/s1. The molecule has 0 saturated carbocycles. The number of ketones is 1. The monoisotopic (exact) mass is 362 g/mol. The Morgan fingerprint density at radius 3 is 2.62 bits per heavy atom. The summed E-state index contributed by atoms with van der Waals surface area (Å²) in [5.74, 6) is -1.02. The predicted octanol–water partition coefficient (Wildman–Crippen LogP) is 4.16. The molecule has 1 atom stereocenters. The van der Waals surface area contributed by atoms with Crippen LogP contribution in [-0.2, 0) is 15.7 Å². The van der Waals surface area contributed by atoms with E-state index in [0.29, 0.717) is 12.2 Å². The molecule has 0 bridgehead atoms. The molecule has 0 amide bonds. The Bertz CT molecular complexity index is 889. The maximum Gasteiger partial charge on any atom is 0.416 e. The second kappa shape index (κ2) is 5.90. The van der Waals surface area contributed by atoms with E-state index < -0.39 is 17.7 Å². The van der Waals surface area contributed by atoms with E-state index in [9.17, 15) is 23.2 Å². The molecule has 3 rings (SSSR count). The summed E-state index contributed by atoms with van der Waals surface area (Å²) in [4.78, 5) is 12.7. The van der Waals surface area contributed by atoms with Crippen molar-refractivity contribution in [3.8, 4) is 6.07 Å². The third-order valence-electron chi connectivity index (χ3n) is 4.62. The number of carbonyl (C=O) groups excluding carboxylic acids is 1. The molecule has 0 saturated heterocycles. The molecule has 1 aromatic carbocycles. The number of halogens is 3. The van der Waals surface area contributed by atoms with Gasteiger partial charge in [0.2, 0.25) is 5.88 Å². The summed E-state index contributed by atoms with van der Waals surface area (Å²) >= 11 is 0. The van der Waals surface area contributed by atoms with Crippen LogP contribution < -0.4 is 5.73 Å². The molecule has 0 aromatic heterocycles. The zero-order valence-electron chi connectivity index (χ0n) is 14.3. The van der Waals surface area contributed by atoms with Crippen molar-refractivity contribution >= 4 is 5.78 Å². The molecule has 1 aromatic rings. The zero-order chi connectivity index (χ0) is 19.3. The molecule has 0 unspecified atom stereocenters. The van der Waals surface area contributed by atoms with Gasteiger partial charge in [-0.1, -0.05) is 32.0 Å². The summed E-state index contributed by atoms with van der Waals surface area (Å²) in [5, 5.41) is 9.48. The van der Waals surface area contributed by atoms with Crippen molar-refractivity contribution in [2.24, 2.45) is 11.1 Å². The number of hydrogen-bond acceptors (Lipinski definition) is 4. The quantitative estimate of drug-likeness (QED) is 0.814. The second-order valence-electron chi connectivity index (χ2n) is 7.33. The van der Waals surface area contributed by atoms with Gasteiger partial charge in [-0.25, -0.2) is 0 Å². The minimum absolute atomic E-state index is 0.0452. The normalized spacial score (nSPS) is 22.6. The van der Waals surface area contributed by atoms with Gasteiger partial charge < -0.3 is 10.5 Å². The average molecular weight is 362 g/mol. The molecule has 1 aliphatic carbocycles. The Hall–Kier alpha value is -2.75. The van der Waals surface area contributed by atoms with Gasteiger partial charge in [0, 0.05) is 18.4 Å². The molecule has 2 N–H and O–H groups in total. The summed E-state index contributed by atoms with van der Waals surface area (Å²) in [7, 11) is 0. The molecule has 0 fully saturated rings. The first kappa shape index (κ1) is 18.1. The SMILES string of the molecule is CC1(C)CC(=O)C2=C(C1)OC(N)=C(C#N)[C@@H]2c1cccc(C(F)(F)F)c1. The minimum atomic E-state index is -4.53. The van der Waals surface area contributed by atoms with Crippen molar-refractivity contribution < 1.29 is 22.7 Å². The fourth-order valence-electron chi connectivity index (χ4n) is 3.51. The summed E-state index contributed by atoms with van der Waals surface area (Å²) in [6, 6.07) is 6.53. The zero-order valence-corrected chi connectivity index (χ0v) is 14.3. The fourth-order valence-corrected chi connectivity index (χ4v) is 3.51. The molecular formula is C19H17F3N2O2. The Morgan fingerprint density at radius 2 is 2.00 bits per heavy atom. The Balaban J connectivity index is 2.19. The van der Waals surface area contributed by atoms with Gasteiger partial charge in [0.15, 0.2) is 5.78 Å². The maximum absolute atomic E-state index is 13.1. The van der Waals surface area contributed by atoms with E-state index in [4.69, 9.17) is 10.5 Å². The van der Waals surface area contributed by atoms with Crippen LogP contribution in [0.15, 0.2) is 47.1 Å². The molecular weight excluding hydrogens is 345 g/mol. The number of rotatable bonds is 1. The maximum atomic E-state index is 13.1. The second-order valence-corrected chi connectivity index (χ2v) is 7.33. The lowest BCUT2D eigenvalue weighted by molar-refractivity contribution is -0.137. The highest BCUT2D eigenvalue weighted by Gasteiger charge is 2.43. The smallest absolute Gasteiger partial charge is 0.416 e. The van der Waals surface area contributed by atoms with Gasteiger partial charge in [-0.15, -0.1) is 0 Å². The third kappa shape index (κ3) is 3.07. The predicted molar refractivity (Wildman–Crippen MR) is 87.1 cm³/mol. The summed E-state index contributed by atoms with van der Waals surface area (Å²) < 4.78 is 44.8. The van der Waals surface area contributed by atoms with Crippen LogP contribution in [0.5, 0.6) is 0 Å². The van der Waals surface area contributed by atoms with Crippen molar-refractivity contribution in [3.63, 3.8) is 0 Å². The van der Waals surface area contributed by atoms with Gasteiger partial charge >= 0.3 is 6.18 Å². The number of benzene rings is 1. The highest BCUT2D eigenvalue weighted by atomic mass is 19.4. The number of alkyl halides is 3. The third-order valence-corrected chi connectivity index (χ3v) is 4.62. The minimum Gasteiger partial charge on any atom is -0.444 e. The Morgan fingerprint density at radius 1 is 1.31 bits per heavy atom. The van der Waals surface area contributed by atoms with E-state index >= 15 is 0 Å². The number of ether oxygens (including phenoxy) is 1. The molecule has 0 spiro atoms. The summed E-state index contributed by atoms with van der Waals surface area (Å²) in [5.41, 5.74) is 5.04. The van der Waals surface area contributed by atoms with E-state index in [1.54, 1.807) is 0 Å². The fraction of sp³-hybridized carbons (Fsp3) is 0.368. The van der Waals surface area contributed by atoms with Gasteiger partial charge in [0.05, 0.1) is 11.5 Å². The number of hydrogen-bond donors (Lipinski definition) is 1. The van der Waals surface area contributed by atoms with E-state index in [1.165, 1.54) is 12.1 Å². The summed E-state index contributed by atoms with van der Waals surface area (Å²) in [6.45, 7) is 3.80. The van der Waals surface area contributed by atoms with Crippen molar-refractivity contribution in [2.75, 3.05) is 0 Å². The van der Waals surface area contributed by atoms with Crippen LogP contribution >= 0.6 is 0 Å². The number of nitrogens with two attached hydrogens (primary N) is 1. The number of allylic oxidation sites excluding steroid dienone is 3. The lowest BCUT2D eigenvalue weighted by Crippen LogP contribution is -2.33. The van der Waals surface area contributed by atoms with Gasteiger partial charge in [-0.2, -0.15) is 18.4 Å². The van der Waals surface area contributed by atoms with E-state index in [0.717, 1.165) is 12.1 Å². The van der Waals surface area contributed by atoms with Crippen LogP contribution in [0.3, 0.4) is 0 Å². The van der Waals surface area contributed by atoms with Crippen LogP contribution in [0.1, 0.15) is 43.7 Å². The molecule has 1 heterocycles. The van der Waals surface area contributed by atoms with Crippen molar-refractivity contribution in [3.05, 3.63) is 58.2 Å². The molecule has 26 heavy (non-hydrogen) atoms. The number of nitrogens with zero attached hydrogens (tertiary/aromatic N) is 1. The van der Waals surface area contributed by atoms with Gasteiger partial charge in [-0.3, -0.25) is 4.79 Å². The topological polar surface area (TPSA) is 76.1 Å². The highest BCUT2D eigenvalue weighted by molar-refractivity contribution is 6.00. The summed E-state index contributed by atoms with van der Waals surface area (Å²) in [6.07, 6.45) is -3.88.